The molecule has 1 unspecified atom stereocenters. The van der Waals surface area contributed by atoms with Crippen molar-refractivity contribution in [3.05, 3.63) is 29.8 Å². The van der Waals surface area contributed by atoms with Crippen LogP contribution in [0.4, 0.5) is 0 Å². The normalized spacial score (nSPS) is 12.8. The van der Waals surface area contributed by atoms with Crippen molar-refractivity contribution in [3.63, 3.8) is 0 Å². The zero-order valence-electron chi connectivity index (χ0n) is 10.9. The summed E-state index contributed by atoms with van der Waals surface area (Å²) >= 11 is 0. The van der Waals surface area contributed by atoms with Crippen LogP contribution in [0.1, 0.15) is 38.8 Å². The van der Waals surface area contributed by atoms with E-state index in [4.69, 9.17) is 4.74 Å². The van der Waals surface area contributed by atoms with Crippen LogP contribution in [0.15, 0.2) is 24.3 Å². The van der Waals surface area contributed by atoms with Crippen molar-refractivity contribution in [2.45, 2.75) is 39.3 Å². The highest BCUT2D eigenvalue weighted by atomic mass is 16.5. The molecule has 0 fully saturated rings. The van der Waals surface area contributed by atoms with Crippen molar-refractivity contribution < 1.29 is 9.84 Å². The molecule has 2 N–H and O–H groups in total. The maximum absolute atomic E-state index is 9.38. The van der Waals surface area contributed by atoms with E-state index in [2.05, 4.69) is 12.2 Å². The second-order valence-corrected chi connectivity index (χ2v) is 4.43. The lowest BCUT2D eigenvalue weighted by Gasteiger charge is -2.18. The van der Waals surface area contributed by atoms with E-state index in [9.17, 15) is 5.11 Å². The summed E-state index contributed by atoms with van der Waals surface area (Å²) in [6.07, 6.45) is 1.22. The van der Waals surface area contributed by atoms with Gasteiger partial charge in [-0.05, 0) is 44.5 Å². The summed E-state index contributed by atoms with van der Waals surface area (Å²) in [6.45, 7) is 7.13. The number of hydrogen-bond donors (Lipinski definition) is 2. The van der Waals surface area contributed by atoms with Crippen LogP contribution in [0.5, 0.6) is 5.75 Å². The first-order valence-electron chi connectivity index (χ1n) is 6.28. The first-order valence-corrected chi connectivity index (χ1v) is 6.28. The Kier molecular flexibility index (Phi) is 6.01. The monoisotopic (exact) mass is 237 g/mol. The largest absolute Gasteiger partial charge is 0.491 e. The van der Waals surface area contributed by atoms with Gasteiger partial charge >= 0.3 is 0 Å². The maximum atomic E-state index is 9.38. The van der Waals surface area contributed by atoms with Crippen molar-refractivity contribution in [2.75, 3.05) is 13.2 Å². The SMILES string of the molecule is CCCNC(CO)c1cccc(OC(C)C)c1. The molecule has 0 saturated heterocycles. The fraction of sp³-hybridized carbons (Fsp3) is 0.571. The number of aliphatic hydroxyl groups excluding tert-OH is 1. The zero-order valence-corrected chi connectivity index (χ0v) is 10.9. The Hall–Kier alpha value is -1.06. The molecule has 0 radical (unpaired) electrons. The maximum Gasteiger partial charge on any atom is 0.120 e. The third-order valence-corrected chi connectivity index (χ3v) is 2.46. The fourth-order valence-electron chi connectivity index (χ4n) is 1.68. The minimum Gasteiger partial charge on any atom is -0.491 e. The molecule has 0 saturated carbocycles. The molecule has 3 heteroatoms. The number of nitrogens with one attached hydrogen (secondary N) is 1. The second kappa shape index (κ2) is 7.30. The topological polar surface area (TPSA) is 41.5 Å². The van der Waals surface area contributed by atoms with E-state index in [0.717, 1.165) is 24.3 Å². The van der Waals surface area contributed by atoms with Crippen LogP contribution in [0.25, 0.3) is 0 Å². The molecule has 0 amide bonds. The van der Waals surface area contributed by atoms with Gasteiger partial charge in [0.2, 0.25) is 0 Å². The number of rotatable bonds is 7. The number of aliphatic hydroxyl groups is 1. The zero-order chi connectivity index (χ0) is 12.7. The summed E-state index contributed by atoms with van der Waals surface area (Å²) in [4.78, 5) is 0. The third kappa shape index (κ3) is 4.75. The van der Waals surface area contributed by atoms with Crippen LogP contribution < -0.4 is 10.1 Å². The molecule has 1 rings (SSSR count). The lowest BCUT2D eigenvalue weighted by Crippen LogP contribution is -2.25. The molecule has 0 aromatic heterocycles. The van der Waals surface area contributed by atoms with Gasteiger partial charge in [0.1, 0.15) is 5.75 Å². The molecule has 17 heavy (non-hydrogen) atoms. The quantitative estimate of drug-likeness (QED) is 0.765. The predicted molar refractivity (Wildman–Crippen MR) is 70.3 cm³/mol. The lowest BCUT2D eigenvalue weighted by molar-refractivity contribution is 0.237. The Labute approximate surface area is 104 Å². The number of ether oxygens (including phenoxy) is 1. The van der Waals surface area contributed by atoms with Gasteiger partial charge in [-0.2, -0.15) is 0 Å². The highest BCUT2D eigenvalue weighted by Gasteiger charge is 2.10. The summed E-state index contributed by atoms with van der Waals surface area (Å²) in [6, 6.07) is 7.90. The van der Waals surface area contributed by atoms with Crippen molar-refractivity contribution in [1.82, 2.24) is 5.32 Å². The van der Waals surface area contributed by atoms with E-state index in [1.54, 1.807) is 0 Å². The smallest absolute Gasteiger partial charge is 0.120 e. The predicted octanol–water partition coefficient (Wildman–Crippen LogP) is 2.51. The van der Waals surface area contributed by atoms with Crippen LogP contribution in [0.2, 0.25) is 0 Å². The second-order valence-electron chi connectivity index (χ2n) is 4.43. The summed E-state index contributed by atoms with van der Waals surface area (Å²) in [5, 5.41) is 12.7. The van der Waals surface area contributed by atoms with E-state index in [1.165, 1.54) is 0 Å². The molecule has 0 aliphatic carbocycles. The van der Waals surface area contributed by atoms with Crippen LogP contribution in [-0.4, -0.2) is 24.4 Å². The van der Waals surface area contributed by atoms with E-state index in [1.807, 2.05) is 38.1 Å². The summed E-state index contributed by atoms with van der Waals surface area (Å²) < 4.78 is 5.64. The molecule has 1 aromatic rings. The highest BCUT2D eigenvalue weighted by molar-refractivity contribution is 5.30. The molecule has 0 aliphatic rings. The van der Waals surface area contributed by atoms with Crippen molar-refractivity contribution >= 4 is 0 Å². The average Bonchev–Trinajstić information content (AvgIpc) is 2.30. The minimum absolute atomic E-state index is 0.00865. The van der Waals surface area contributed by atoms with Gasteiger partial charge in [-0.15, -0.1) is 0 Å². The molecule has 0 bridgehead atoms. The first-order chi connectivity index (χ1) is 8.17. The van der Waals surface area contributed by atoms with Gasteiger partial charge in [0.25, 0.3) is 0 Å². The molecule has 1 aromatic carbocycles. The van der Waals surface area contributed by atoms with E-state index in [0.29, 0.717) is 0 Å². The van der Waals surface area contributed by atoms with E-state index >= 15 is 0 Å². The Morgan fingerprint density at radius 3 is 2.71 bits per heavy atom. The lowest BCUT2D eigenvalue weighted by atomic mass is 10.1. The Bertz CT molecular complexity index is 326. The van der Waals surface area contributed by atoms with Gasteiger partial charge in [-0.1, -0.05) is 19.1 Å². The van der Waals surface area contributed by atoms with Crippen LogP contribution in [0, 0.1) is 0 Å². The minimum atomic E-state index is -0.00865. The van der Waals surface area contributed by atoms with Gasteiger partial charge < -0.3 is 15.2 Å². The molecule has 1 atom stereocenters. The number of benzene rings is 1. The van der Waals surface area contributed by atoms with Gasteiger partial charge in [0.05, 0.1) is 18.8 Å². The Morgan fingerprint density at radius 2 is 2.12 bits per heavy atom. The standard InChI is InChI=1S/C14H23NO2/c1-4-8-15-14(10-16)12-6-5-7-13(9-12)17-11(2)3/h5-7,9,11,14-16H,4,8,10H2,1-3H3. The molecule has 0 spiro atoms. The first kappa shape index (κ1) is 14.0. The van der Waals surface area contributed by atoms with Gasteiger partial charge in [-0.3, -0.25) is 0 Å². The molecular weight excluding hydrogens is 214 g/mol. The van der Waals surface area contributed by atoms with Gasteiger partial charge in [-0.25, -0.2) is 0 Å². The van der Waals surface area contributed by atoms with E-state index < -0.39 is 0 Å². The van der Waals surface area contributed by atoms with Gasteiger partial charge in [0, 0.05) is 0 Å². The average molecular weight is 237 g/mol. The third-order valence-electron chi connectivity index (χ3n) is 2.46. The molecule has 3 nitrogen and oxygen atoms in total. The molecule has 0 aliphatic heterocycles. The van der Waals surface area contributed by atoms with Crippen molar-refractivity contribution in [1.29, 1.82) is 0 Å². The molecule has 96 valence electrons. The number of hydrogen-bond acceptors (Lipinski definition) is 3. The summed E-state index contributed by atoms with van der Waals surface area (Å²) in [5.41, 5.74) is 1.07. The van der Waals surface area contributed by atoms with Crippen LogP contribution in [0.3, 0.4) is 0 Å². The summed E-state index contributed by atoms with van der Waals surface area (Å²) in [7, 11) is 0. The van der Waals surface area contributed by atoms with Crippen LogP contribution >= 0.6 is 0 Å². The molecule has 0 heterocycles. The van der Waals surface area contributed by atoms with E-state index in [-0.39, 0.29) is 18.8 Å². The summed E-state index contributed by atoms with van der Waals surface area (Å²) in [5.74, 6) is 0.856. The van der Waals surface area contributed by atoms with Crippen molar-refractivity contribution in [3.8, 4) is 5.75 Å². The molecular formula is C14H23NO2. The van der Waals surface area contributed by atoms with Crippen LogP contribution in [-0.2, 0) is 0 Å². The Morgan fingerprint density at radius 1 is 1.35 bits per heavy atom. The highest BCUT2D eigenvalue weighted by Crippen LogP contribution is 2.20. The van der Waals surface area contributed by atoms with Gasteiger partial charge in [0.15, 0.2) is 0 Å². The Balaban J connectivity index is 2.73. The fourth-order valence-corrected chi connectivity index (χ4v) is 1.68. The van der Waals surface area contributed by atoms with Crippen molar-refractivity contribution in [2.24, 2.45) is 0 Å².